The van der Waals surface area contributed by atoms with Crippen molar-refractivity contribution in [2.24, 2.45) is 0 Å². The van der Waals surface area contributed by atoms with Gasteiger partial charge < -0.3 is 24.8 Å². The normalized spacial score (nSPS) is 21.2. The van der Waals surface area contributed by atoms with Gasteiger partial charge in [-0.15, -0.1) is 0 Å². The molecule has 1 fully saturated rings. The molecule has 1 aromatic carbocycles. The second kappa shape index (κ2) is 8.48. The highest BCUT2D eigenvalue weighted by Gasteiger charge is 2.55. The van der Waals surface area contributed by atoms with Gasteiger partial charge in [0.25, 0.3) is 11.8 Å². The Hall–Kier alpha value is -3.14. The molecule has 0 bridgehead atoms. The molecule has 1 aromatic rings. The Balaban J connectivity index is 1.66. The zero-order valence-corrected chi connectivity index (χ0v) is 16.2. The maximum absolute atomic E-state index is 13.1. The van der Waals surface area contributed by atoms with Crippen LogP contribution in [0.2, 0.25) is 0 Å². The number of benzene rings is 1. The summed E-state index contributed by atoms with van der Waals surface area (Å²) in [7, 11) is 1.50. The molecule has 2 aliphatic rings. The van der Waals surface area contributed by atoms with Crippen LogP contribution in [0.3, 0.4) is 0 Å². The lowest BCUT2D eigenvalue weighted by Crippen LogP contribution is -2.48. The van der Waals surface area contributed by atoms with Crippen molar-refractivity contribution in [3.05, 3.63) is 29.8 Å². The van der Waals surface area contributed by atoms with Gasteiger partial charge >= 0.3 is 12.0 Å². The molecule has 0 saturated carbocycles. The second-order valence-corrected chi connectivity index (χ2v) is 6.74. The predicted molar refractivity (Wildman–Crippen MR) is 98.9 cm³/mol. The van der Waals surface area contributed by atoms with Gasteiger partial charge in [-0.25, -0.2) is 4.79 Å². The number of methoxy groups -OCH3 is 1. The highest BCUT2D eigenvalue weighted by atomic mass is 16.5. The maximum atomic E-state index is 13.1. The Morgan fingerprint density at radius 2 is 2.10 bits per heavy atom. The van der Waals surface area contributed by atoms with Crippen molar-refractivity contribution in [3.63, 3.8) is 0 Å². The number of nitrogens with zero attached hydrogens (tertiary/aromatic N) is 1. The van der Waals surface area contributed by atoms with Gasteiger partial charge in [0.1, 0.15) is 12.3 Å². The molecule has 10 nitrogen and oxygen atoms in total. The molecular weight excluding hydrogens is 382 g/mol. The number of imide groups is 1. The molecule has 1 saturated heterocycles. The smallest absolute Gasteiger partial charge is 0.327 e. The van der Waals surface area contributed by atoms with Gasteiger partial charge in [0.2, 0.25) is 0 Å². The number of esters is 1. The lowest BCUT2D eigenvalue weighted by Gasteiger charge is -2.33. The summed E-state index contributed by atoms with van der Waals surface area (Å²) in [4.78, 5) is 50.4. The fourth-order valence-corrected chi connectivity index (χ4v) is 3.35. The van der Waals surface area contributed by atoms with Crippen molar-refractivity contribution in [1.82, 2.24) is 15.5 Å². The van der Waals surface area contributed by atoms with Gasteiger partial charge in [-0.05, 0) is 13.0 Å². The lowest BCUT2D eigenvalue weighted by molar-refractivity contribution is -0.156. The molecule has 0 aliphatic carbocycles. The minimum absolute atomic E-state index is 0.248. The van der Waals surface area contributed by atoms with Gasteiger partial charge in [0, 0.05) is 25.6 Å². The highest BCUT2D eigenvalue weighted by Crippen LogP contribution is 2.40. The van der Waals surface area contributed by atoms with E-state index in [0.717, 1.165) is 4.90 Å². The maximum Gasteiger partial charge on any atom is 0.327 e. The van der Waals surface area contributed by atoms with Gasteiger partial charge in [-0.2, -0.15) is 0 Å². The number of fused-ring (bicyclic) bond motifs is 2. The van der Waals surface area contributed by atoms with Crippen LogP contribution in [-0.2, 0) is 29.4 Å². The predicted octanol–water partition coefficient (Wildman–Crippen LogP) is -0.0895. The summed E-state index contributed by atoms with van der Waals surface area (Å²) in [5.41, 5.74) is -0.721. The molecule has 1 spiro atoms. The standard InChI is InChI=1S/C19H23N3O7/c1-12(16(24)20-8-10-27-2)29-15(23)11-22-17(25)19(21-18(22)26)7-9-28-14-6-4-3-5-13(14)19/h3-6,12H,7-11H2,1-2H3,(H,20,24)(H,21,26)/t12-,19-/m0/s1. The minimum atomic E-state index is -1.27. The Bertz CT molecular complexity index is 828. The molecule has 3 rings (SSSR count). The van der Waals surface area contributed by atoms with Crippen LogP contribution in [0.25, 0.3) is 0 Å². The molecule has 2 heterocycles. The van der Waals surface area contributed by atoms with Crippen LogP contribution >= 0.6 is 0 Å². The first-order chi connectivity index (χ1) is 13.9. The van der Waals surface area contributed by atoms with Crippen molar-refractivity contribution in [1.29, 1.82) is 0 Å². The number of carbonyl (C=O) groups is 4. The van der Waals surface area contributed by atoms with Crippen molar-refractivity contribution >= 4 is 23.8 Å². The summed E-state index contributed by atoms with van der Waals surface area (Å²) in [5, 5.41) is 5.24. The molecule has 2 N–H and O–H groups in total. The van der Waals surface area contributed by atoms with Crippen LogP contribution in [-0.4, -0.2) is 68.2 Å². The fraction of sp³-hybridized carbons (Fsp3) is 0.474. The quantitative estimate of drug-likeness (QED) is 0.369. The zero-order chi connectivity index (χ0) is 21.0. The first-order valence-corrected chi connectivity index (χ1v) is 9.21. The third kappa shape index (κ3) is 4.02. The lowest BCUT2D eigenvalue weighted by atomic mass is 9.84. The number of hydrogen-bond acceptors (Lipinski definition) is 7. The molecule has 4 amide bonds. The van der Waals surface area contributed by atoms with E-state index in [9.17, 15) is 19.2 Å². The van der Waals surface area contributed by atoms with E-state index in [1.165, 1.54) is 14.0 Å². The van der Waals surface area contributed by atoms with E-state index in [-0.39, 0.29) is 19.6 Å². The summed E-state index contributed by atoms with van der Waals surface area (Å²) in [6.07, 6.45) is -0.823. The van der Waals surface area contributed by atoms with Crippen LogP contribution in [0.5, 0.6) is 5.75 Å². The molecule has 0 unspecified atom stereocenters. The Kier molecular flexibility index (Phi) is 6.02. The molecular formula is C19H23N3O7. The number of nitrogens with one attached hydrogen (secondary N) is 2. The van der Waals surface area contributed by atoms with E-state index in [2.05, 4.69) is 10.6 Å². The third-order valence-electron chi connectivity index (χ3n) is 4.83. The number of ether oxygens (including phenoxy) is 3. The third-order valence-corrected chi connectivity index (χ3v) is 4.83. The Morgan fingerprint density at radius 3 is 2.86 bits per heavy atom. The van der Waals surface area contributed by atoms with E-state index in [1.54, 1.807) is 24.3 Å². The van der Waals surface area contributed by atoms with Crippen molar-refractivity contribution in [3.8, 4) is 5.75 Å². The SMILES string of the molecule is COCCNC(=O)[C@H](C)OC(=O)CN1C(=O)N[C@]2(CCOc3ccccc32)C1=O. The highest BCUT2D eigenvalue weighted by molar-refractivity contribution is 6.09. The van der Waals surface area contributed by atoms with Crippen LogP contribution < -0.4 is 15.4 Å². The number of urea groups is 1. The van der Waals surface area contributed by atoms with Crippen molar-refractivity contribution in [2.75, 3.05) is 33.4 Å². The summed E-state index contributed by atoms with van der Waals surface area (Å²) in [5.74, 6) is -1.40. The average molecular weight is 405 g/mol. The molecule has 2 aliphatic heterocycles. The second-order valence-electron chi connectivity index (χ2n) is 6.74. The number of para-hydroxylation sites is 1. The minimum Gasteiger partial charge on any atom is -0.493 e. The van der Waals surface area contributed by atoms with Crippen molar-refractivity contribution in [2.45, 2.75) is 25.0 Å². The van der Waals surface area contributed by atoms with Gasteiger partial charge in [-0.3, -0.25) is 19.3 Å². The van der Waals surface area contributed by atoms with Crippen molar-refractivity contribution < 1.29 is 33.4 Å². The largest absolute Gasteiger partial charge is 0.493 e. The van der Waals surface area contributed by atoms with Gasteiger partial charge in [-0.1, -0.05) is 18.2 Å². The van der Waals surface area contributed by atoms with Crippen LogP contribution in [0.1, 0.15) is 18.9 Å². The number of amides is 4. The van der Waals surface area contributed by atoms with Crippen LogP contribution in [0.4, 0.5) is 4.79 Å². The number of rotatable bonds is 7. The molecule has 2 atom stereocenters. The first kappa shape index (κ1) is 20.6. The zero-order valence-electron chi connectivity index (χ0n) is 16.2. The summed E-state index contributed by atoms with van der Waals surface area (Å²) < 4.78 is 15.4. The summed E-state index contributed by atoms with van der Waals surface area (Å²) in [6, 6.07) is 6.25. The van der Waals surface area contributed by atoms with Gasteiger partial charge in [0.05, 0.1) is 13.2 Å². The monoisotopic (exact) mass is 405 g/mol. The summed E-state index contributed by atoms with van der Waals surface area (Å²) >= 11 is 0. The van der Waals surface area contributed by atoms with Crippen LogP contribution in [0.15, 0.2) is 24.3 Å². The molecule has 0 radical (unpaired) electrons. The Morgan fingerprint density at radius 1 is 1.34 bits per heavy atom. The number of hydrogen-bond donors (Lipinski definition) is 2. The molecule has 29 heavy (non-hydrogen) atoms. The fourth-order valence-electron chi connectivity index (χ4n) is 3.35. The summed E-state index contributed by atoms with van der Waals surface area (Å²) in [6.45, 7) is 1.66. The first-order valence-electron chi connectivity index (χ1n) is 9.21. The number of carbonyl (C=O) groups excluding carboxylic acids is 4. The Labute approximate surface area is 167 Å². The topological polar surface area (TPSA) is 123 Å². The van der Waals surface area contributed by atoms with Crippen LogP contribution in [0, 0.1) is 0 Å². The van der Waals surface area contributed by atoms with E-state index in [0.29, 0.717) is 17.9 Å². The molecule has 156 valence electrons. The average Bonchev–Trinajstić information content (AvgIpc) is 2.93. The molecule has 0 aromatic heterocycles. The van der Waals surface area contributed by atoms with E-state index in [4.69, 9.17) is 14.2 Å². The van der Waals surface area contributed by atoms with E-state index >= 15 is 0 Å². The molecule has 10 heteroatoms. The van der Waals surface area contributed by atoms with Gasteiger partial charge in [0.15, 0.2) is 11.6 Å². The van der Waals surface area contributed by atoms with E-state index < -0.39 is 42.0 Å². The van der Waals surface area contributed by atoms with E-state index in [1.807, 2.05) is 0 Å².